The molecule has 0 aromatic heterocycles. The molecule has 5 nitrogen and oxygen atoms in total. The molecule has 0 unspecified atom stereocenters. The minimum Gasteiger partial charge on any atom is -0.387 e. The summed E-state index contributed by atoms with van der Waals surface area (Å²) >= 11 is 0. The normalized spacial score (nSPS) is 10.8. The van der Waals surface area contributed by atoms with E-state index in [1.165, 1.54) is 0 Å². The van der Waals surface area contributed by atoms with Crippen molar-refractivity contribution in [3.63, 3.8) is 0 Å². The summed E-state index contributed by atoms with van der Waals surface area (Å²) in [6.45, 7) is 7.57. The van der Waals surface area contributed by atoms with E-state index in [1.54, 1.807) is 13.1 Å². The van der Waals surface area contributed by atoms with E-state index in [9.17, 15) is 9.59 Å². The molecule has 0 fully saturated rings. The lowest BCUT2D eigenvalue weighted by molar-refractivity contribution is -0.121. The average Bonchev–Trinajstić information content (AvgIpc) is 2.33. The zero-order chi connectivity index (χ0) is 15.3. The third-order valence-corrected chi connectivity index (χ3v) is 2.61. The lowest BCUT2D eigenvalue weighted by Gasteiger charge is -2.20. The first-order valence-corrected chi connectivity index (χ1v) is 6.60. The second kappa shape index (κ2) is 6.41. The molecular formula is C15H23N3O2. The molecule has 0 saturated heterocycles. The van der Waals surface area contributed by atoms with Crippen molar-refractivity contribution in [3.05, 3.63) is 29.3 Å². The molecule has 110 valence electrons. The van der Waals surface area contributed by atoms with E-state index in [-0.39, 0.29) is 23.9 Å². The van der Waals surface area contributed by atoms with Crippen molar-refractivity contribution in [2.24, 2.45) is 0 Å². The lowest BCUT2D eigenvalue weighted by Crippen LogP contribution is -2.45. The van der Waals surface area contributed by atoms with E-state index in [0.717, 1.165) is 11.3 Å². The highest BCUT2D eigenvalue weighted by Gasteiger charge is 2.16. The minimum absolute atomic E-state index is 0.0345. The summed E-state index contributed by atoms with van der Waals surface area (Å²) in [5.41, 5.74) is 1.97. The van der Waals surface area contributed by atoms with Gasteiger partial charge in [0.1, 0.15) is 0 Å². The summed E-state index contributed by atoms with van der Waals surface area (Å²) < 4.78 is 0. The van der Waals surface area contributed by atoms with E-state index in [0.29, 0.717) is 5.56 Å². The zero-order valence-corrected chi connectivity index (χ0v) is 12.8. The molecule has 5 heteroatoms. The summed E-state index contributed by atoms with van der Waals surface area (Å²) in [6, 6.07) is 5.57. The van der Waals surface area contributed by atoms with Crippen LogP contribution in [0.3, 0.4) is 0 Å². The Kier molecular flexibility index (Phi) is 5.13. The second-order valence-electron chi connectivity index (χ2n) is 5.78. The van der Waals surface area contributed by atoms with Crippen LogP contribution in [0.5, 0.6) is 0 Å². The maximum atomic E-state index is 12.1. The smallest absolute Gasteiger partial charge is 0.253 e. The Morgan fingerprint density at radius 2 is 1.85 bits per heavy atom. The van der Waals surface area contributed by atoms with Crippen LogP contribution in [0.15, 0.2) is 18.2 Å². The Morgan fingerprint density at radius 1 is 1.20 bits per heavy atom. The van der Waals surface area contributed by atoms with Crippen molar-refractivity contribution >= 4 is 17.5 Å². The van der Waals surface area contributed by atoms with E-state index in [2.05, 4.69) is 16.0 Å². The summed E-state index contributed by atoms with van der Waals surface area (Å²) in [7, 11) is 1.76. The van der Waals surface area contributed by atoms with Crippen LogP contribution in [0, 0.1) is 6.92 Å². The van der Waals surface area contributed by atoms with Crippen LogP contribution in [0.4, 0.5) is 5.69 Å². The molecule has 2 amide bonds. The number of aryl methyl sites for hydroxylation is 1. The van der Waals surface area contributed by atoms with Crippen molar-refractivity contribution in [3.8, 4) is 0 Å². The number of hydrogen-bond donors (Lipinski definition) is 3. The van der Waals surface area contributed by atoms with Crippen molar-refractivity contribution in [2.75, 3.05) is 18.9 Å². The summed E-state index contributed by atoms with van der Waals surface area (Å²) in [4.78, 5) is 23.8. The van der Waals surface area contributed by atoms with Crippen molar-refractivity contribution in [2.45, 2.75) is 33.2 Å². The van der Waals surface area contributed by atoms with Crippen LogP contribution < -0.4 is 16.0 Å². The standard InChI is InChI=1S/C15H23N3O2/c1-10-6-7-12(16-5)11(8-10)14(20)17-9-13(19)18-15(2,3)4/h6-8,16H,9H2,1-5H3,(H,17,20)(H,18,19). The van der Waals surface area contributed by atoms with Gasteiger partial charge in [-0.3, -0.25) is 9.59 Å². The Bertz CT molecular complexity index is 504. The lowest BCUT2D eigenvalue weighted by atomic mass is 10.1. The molecule has 0 heterocycles. The number of hydrogen-bond acceptors (Lipinski definition) is 3. The highest BCUT2D eigenvalue weighted by molar-refractivity contribution is 6.01. The molecule has 0 aliphatic rings. The topological polar surface area (TPSA) is 70.2 Å². The first-order valence-electron chi connectivity index (χ1n) is 6.60. The van der Waals surface area contributed by atoms with Crippen molar-refractivity contribution in [1.29, 1.82) is 0 Å². The first kappa shape index (κ1) is 16.0. The third-order valence-electron chi connectivity index (χ3n) is 2.61. The molecular weight excluding hydrogens is 254 g/mol. The predicted octanol–water partition coefficient (Wildman–Crippen LogP) is 1.68. The molecule has 1 rings (SSSR count). The van der Waals surface area contributed by atoms with Crippen LogP contribution in [0.2, 0.25) is 0 Å². The maximum absolute atomic E-state index is 12.1. The second-order valence-corrected chi connectivity index (χ2v) is 5.78. The molecule has 0 aliphatic heterocycles. The fourth-order valence-electron chi connectivity index (χ4n) is 1.78. The fourth-order valence-corrected chi connectivity index (χ4v) is 1.78. The Balaban J connectivity index is 2.68. The monoisotopic (exact) mass is 277 g/mol. The zero-order valence-electron chi connectivity index (χ0n) is 12.8. The SMILES string of the molecule is CNc1ccc(C)cc1C(=O)NCC(=O)NC(C)(C)C. The molecule has 0 saturated carbocycles. The maximum Gasteiger partial charge on any atom is 0.253 e. The molecule has 0 radical (unpaired) electrons. The Hall–Kier alpha value is -2.04. The van der Waals surface area contributed by atoms with Gasteiger partial charge in [-0.15, -0.1) is 0 Å². The van der Waals surface area contributed by atoms with Gasteiger partial charge in [-0.2, -0.15) is 0 Å². The van der Waals surface area contributed by atoms with Crippen LogP contribution in [0.25, 0.3) is 0 Å². The van der Waals surface area contributed by atoms with E-state index >= 15 is 0 Å². The molecule has 1 aromatic rings. The molecule has 0 bridgehead atoms. The van der Waals surface area contributed by atoms with E-state index in [1.807, 2.05) is 39.8 Å². The predicted molar refractivity (Wildman–Crippen MR) is 81.0 cm³/mol. The van der Waals surface area contributed by atoms with Gasteiger partial charge in [-0.05, 0) is 39.8 Å². The number of amides is 2. The number of anilines is 1. The molecule has 3 N–H and O–H groups in total. The van der Waals surface area contributed by atoms with Gasteiger partial charge >= 0.3 is 0 Å². The molecule has 20 heavy (non-hydrogen) atoms. The average molecular weight is 277 g/mol. The quantitative estimate of drug-likeness (QED) is 0.784. The highest BCUT2D eigenvalue weighted by atomic mass is 16.2. The number of benzene rings is 1. The molecule has 1 aromatic carbocycles. The first-order chi connectivity index (χ1) is 9.23. The van der Waals surface area contributed by atoms with E-state index in [4.69, 9.17) is 0 Å². The Labute approximate surface area is 120 Å². The number of carbonyl (C=O) groups excluding carboxylic acids is 2. The third kappa shape index (κ3) is 4.91. The number of carbonyl (C=O) groups is 2. The van der Waals surface area contributed by atoms with Crippen LogP contribution in [-0.2, 0) is 4.79 Å². The molecule has 0 spiro atoms. The number of rotatable bonds is 4. The van der Waals surface area contributed by atoms with Crippen molar-refractivity contribution < 1.29 is 9.59 Å². The molecule has 0 aliphatic carbocycles. The minimum atomic E-state index is -0.304. The van der Waals surface area contributed by atoms with Gasteiger partial charge in [0.15, 0.2) is 0 Å². The highest BCUT2D eigenvalue weighted by Crippen LogP contribution is 2.16. The summed E-state index contributed by atoms with van der Waals surface area (Å²) in [5, 5.41) is 8.40. The van der Waals surface area contributed by atoms with Crippen molar-refractivity contribution in [1.82, 2.24) is 10.6 Å². The summed E-state index contributed by atoms with van der Waals surface area (Å²) in [6.07, 6.45) is 0. The van der Waals surface area contributed by atoms with Gasteiger partial charge in [0, 0.05) is 18.3 Å². The molecule has 0 atom stereocenters. The van der Waals surface area contributed by atoms with Crippen LogP contribution in [0.1, 0.15) is 36.7 Å². The van der Waals surface area contributed by atoms with Gasteiger partial charge in [0.25, 0.3) is 5.91 Å². The van der Waals surface area contributed by atoms with Gasteiger partial charge in [-0.25, -0.2) is 0 Å². The van der Waals surface area contributed by atoms with Gasteiger partial charge in [0.2, 0.25) is 5.91 Å². The van der Waals surface area contributed by atoms with Crippen LogP contribution in [-0.4, -0.2) is 30.9 Å². The van der Waals surface area contributed by atoms with E-state index < -0.39 is 0 Å². The largest absolute Gasteiger partial charge is 0.387 e. The van der Waals surface area contributed by atoms with Crippen LogP contribution >= 0.6 is 0 Å². The number of nitrogens with one attached hydrogen (secondary N) is 3. The summed E-state index contributed by atoms with van der Waals surface area (Å²) in [5.74, 6) is -0.466. The van der Waals surface area contributed by atoms with Gasteiger partial charge < -0.3 is 16.0 Å². The fraction of sp³-hybridized carbons (Fsp3) is 0.467. The van der Waals surface area contributed by atoms with Gasteiger partial charge in [0.05, 0.1) is 12.1 Å². The Morgan fingerprint density at radius 3 is 2.40 bits per heavy atom. The van der Waals surface area contributed by atoms with Gasteiger partial charge in [-0.1, -0.05) is 11.6 Å².